The van der Waals surface area contributed by atoms with Gasteiger partial charge < -0.3 is 4.90 Å². The van der Waals surface area contributed by atoms with Crippen molar-refractivity contribution in [3.8, 4) is 12.1 Å². The number of hydrogen-bond acceptors (Lipinski definition) is 4. The molecule has 0 aliphatic carbocycles. The molecule has 1 aromatic rings. The second-order valence-corrected chi connectivity index (χ2v) is 4.96. The molecular weight excluding hydrogens is 258 g/mol. The molecule has 0 N–H and O–H groups in total. The topological polar surface area (TPSA) is 67.9 Å². The summed E-state index contributed by atoms with van der Waals surface area (Å²) in [5.41, 5.74) is 0.562. The maximum atomic E-state index is 12.3. The first kappa shape index (κ1) is 15.1. The lowest BCUT2D eigenvalue weighted by Crippen LogP contribution is -2.32. The van der Waals surface area contributed by atoms with Gasteiger partial charge in [0, 0.05) is 4.90 Å². The van der Waals surface area contributed by atoms with Crippen LogP contribution in [0.2, 0.25) is 0 Å². The van der Waals surface area contributed by atoms with E-state index < -0.39 is 0 Å². The zero-order chi connectivity index (χ0) is 14.1. The summed E-state index contributed by atoms with van der Waals surface area (Å²) in [5.74, 6) is 0.670. The maximum absolute atomic E-state index is 12.3. The molecule has 0 saturated heterocycles. The molecule has 0 spiro atoms. The van der Waals surface area contributed by atoms with Crippen LogP contribution in [0.5, 0.6) is 0 Å². The van der Waals surface area contributed by atoms with Crippen LogP contribution in [0, 0.1) is 22.7 Å². The summed E-state index contributed by atoms with van der Waals surface area (Å²) in [6, 6.07) is 11.1. The number of hydrogen-bond donors (Lipinski definition) is 0. The molecule has 4 nitrogen and oxygen atoms in total. The van der Waals surface area contributed by atoms with Crippen LogP contribution in [-0.2, 0) is 0 Å². The molecule has 5 heteroatoms. The van der Waals surface area contributed by atoms with Crippen LogP contribution in [-0.4, -0.2) is 29.6 Å². The van der Waals surface area contributed by atoms with E-state index in [0.29, 0.717) is 5.56 Å². The van der Waals surface area contributed by atoms with Gasteiger partial charge in [0.25, 0.3) is 5.91 Å². The Balaban J connectivity index is 2.97. The quantitative estimate of drug-likeness (QED) is 0.590. The third-order valence-corrected chi connectivity index (χ3v) is 3.67. The monoisotopic (exact) mass is 273 g/mol. The second kappa shape index (κ2) is 8.18. The predicted octanol–water partition coefficient (Wildman–Crippen LogP) is 2.68. The first-order valence-corrected chi connectivity index (χ1v) is 6.98. The highest BCUT2D eigenvalue weighted by atomic mass is 32.2. The van der Waals surface area contributed by atoms with Crippen LogP contribution < -0.4 is 0 Å². The first-order chi connectivity index (χ1) is 9.24. The summed E-state index contributed by atoms with van der Waals surface area (Å²) < 4.78 is 0. The Kier molecular flexibility index (Phi) is 6.49. The standard InChI is InChI=1S/C14H15N3OS/c1-2-11-19-13-6-4-3-5-12(13)14(18)17(9-7-15)10-8-16/h3-6H,2,9-11H2,1H3. The number of amides is 1. The van der Waals surface area contributed by atoms with E-state index >= 15 is 0 Å². The summed E-state index contributed by atoms with van der Waals surface area (Å²) in [6.45, 7) is 1.94. The number of nitriles is 2. The highest BCUT2D eigenvalue weighted by Gasteiger charge is 2.18. The molecule has 1 rings (SSSR count). The van der Waals surface area contributed by atoms with Crippen molar-refractivity contribution >= 4 is 17.7 Å². The molecule has 0 bridgehead atoms. The molecule has 0 radical (unpaired) electrons. The molecule has 0 unspecified atom stereocenters. The van der Waals surface area contributed by atoms with E-state index in [9.17, 15) is 4.79 Å². The van der Waals surface area contributed by atoms with Crippen molar-refractivity contribution in [1.29, 1.82) is 10.5 Å². The van der Waals surface area contributed by atoms with Gasteiger partial charge in [-0.1, -0.05) is 19.1 Å². The largest absolute Gasteiger partial charge is 0.312 e. The van der Waals surface area contributed by atoms with Crippen LogP contribution in [0.25, 0.3) is 0 Å². The molecule has 1 amide bonds. The molecule has 1 aromatic carbocycles. The summed E-state index contributed by atoms with van der Waals surface area (Å²) in [6.07, 6.45) is 1.02. The number of rotatable bonds is 6. The Morgan fingerprint density at radius 1 is 1.26 bits per heavy atom. The number of nitrogens with zero attached hydrogens (tertiary/aromatic N) is 3. The van der Waals surface area contributed by atoms with Crippen molar-refractivity contribution < 1.29 is 4.79 Å². The molecule has 0 fully saturated rings. The van der Waals surface area contributed by atoms with Crippen molar-refractivity contribution in [3.63, 3.8) is 0 Å². The fourth-order valence-electron chi connectivity index (χ4n) is 1.52. The van der Waals surface area contributed by atoms with E-state index in [0.717, 1.165) is 17.1 Å². The van der Waals surface area contributed by atoms with Crippen molar-refractivity contribution in [3.05, 3.63) is 29.8 Å². The van der Waals surface area contributed by atoms with Crippen molar-refractivity contribution in [2.75, 3.05) is 18.8 Å². The molecule has 0 aliphatic rings. The highest BCUT2D eigenvalue weighted by molar-refractivity contribution is 7.99. The van der Waals surface area contributed by atoms with E-state index in [-0.39, 0.29) is 19.0 Å². The van der Waals surface area contributed by atoms with Gasteiger partial charge >= 0.3 is 0 Å². The van der Waals surface area contributed by atoms with Crippen LogP contribution >= 0.6 is 11.8 Å². The lowest BCUT2D eigenvalue weighted by atomic mass is 10.2. The summed E-state index contributed by atoms with van der Waals surface area (Å²) in [4.78, 5) is 14.5. The molecule has 19 heavy (non-hydrogen) atoms. The van der Waals surface area contributed by atoms with Crippen LogP contribution in [0.15, 0.2) is 29.2 Å². The molecule has 0 aromatic heterocycles. The second-order valence-electron chi connectivity index (χ2n) is 3.82. The first-order valence-electron chi connectivity index (χ1n) is 5.99. The molecule has 98 valence electrons. The highest BCUT2D eigenvalue weighted by Crippen LogP contribution is 2.24. The normalized spacial score (nSPS) is 9.42. The van der Waals surface area contributed by atoms with E-state index in [2.05, 4.69) is 6.92 Å². The SMILES string of the molecule is CCCSc1ccccc1C(=O)N(CC#N)CC#N. The van der Waals surface area contributed by atoms with E-state index in [1.54, 1.807) is 23.9 Å². The van der Waals surface area contributed by atoms with Gasteiger partial charge in [0.1, 0.15) is 13.1 Å². The minimum atomic E-state index is -0.262. The average molecular weight is 273 g/mol. The van der Waals surface area contributed by atoms with Gasteiger partial charge in [0.15, 0.2) is 0 Å². The third-order valence-electron chi connectivity index (χ3n) is 2.39. The zero-order valence-electron chi connectivity index (χ0n) is 10.8. The molecule has 0 aliphatic heterocycles. The van der Waals surface area contributed by atoms with E-state index in [1.165, 1.54) is 4.90 Å². The Morgan fingerprint density at radius 3 is 2.47 bits per heavy atom. The van der Waals surface area contributed by atoms with Crippen LogP contribution in [0.4, 0.5) is 0 Å². The number of carbonyl (C=O) groups excluding carboxylic acids is 1. The predicted molar refractivity (Wildman–Crippen MR) is 74.6 cm³/mol. The fourth-order valence-corrected chi connectivity index (χ4v) is 2.43. The third kappa shape index (κ3) is 4.31. The van der Waals surface area contributed by atoms with Crippen molar-refractivity contribution in [2.45, 2.75) is 18.2 Å². The van der Waals surface area contributed by atoms with Crippen molar-refractivity contribution in [1.82, 2.24) is 4.90 Å². The Bertz CT molecular complexity index is 500. The van der Waals surface area contributed by atoms with Gasteiger partial charge in [-0.3, -0.25) is 4.79 Å². The summed E-state index contributed by atoms with van der Waals surface area (Å²) in [7, 11) is 0. The maximum Gasteiger partial charge on any atom is 0.256 e. The van der Waals surface area contributed by atoms with Crippen LogP contribution in [0.3, 0.4) is 0 Å². The van der Waals surface area contributed by atoms with Gasteiger partial charge in [-0.15, -0.1) is 11.8 Å². The Labute approximate surface area is 117 Å². The van der Waals surface area contributed by atoms with Gasteiger partial charge in [-0.2, -0.15) is 10.5 Å². The van der Waals surface area contributed by atoms with E-state index in [1.807, 2.05) is 24.3 Å². The lowest BCUT2D eigenvalue weighted by Gasteiger charge is -2.17. The molecular formula is C14H15N3OS. The zero-order valence-corrected chi connectivity index (χ0v) is 11.6. The van der Waals surface area contributed by atoms with E-state index in [4.69, 9.17) is 10.5 Å². The number of thioether (sulfide) groups is 1. The fraction of sp³-hybridized carbons (Fsp3) is 0.357. The Morgan fingerprint density at radius 2 is 1.89 bits per heavy atom. The van der Waals surface area contributed by atoms with Crippen LogP contribution in [0.1, 0.15) is 23.7 Å². The molecule has 0 atom stereocenters. The number of benzene rings is 1. The summed E-state index contributed by atoms with van der Waals surface area (Å²) in [5, 5.41) is 17.4. The van der Waals surface area contributed by atoms with Gasteiger partial charge in [-0.25, -0.2) is 0 Å². The minimum Gasteiger partial charge on any atom is -0.312 e. The average Bonchev–Trinajstić information content (AvgIpc) is 2.44. The Hall–Kier alpha value is -1.98. The van der Waals surface area contributed by atoms with Gasteiger partial charge in [0.2, 0.25) is 0 Å². The lowest BCUT2D eigenvalue weighted by molar-refractivity contribution is 0.0791. The summed E-state index contributed by atoms with van der Waals surface area (Å²) >= 11 is 1.62. The van der Waals surface area contributed by atoms with Crippen molar-refractivity contribution in [2.24, 2.45) is 0 Å². The molecule has 0 heterocycles. The van der Waals surface area contributed by atoms with Gasteiger partial charge in [0.05, 0.1) is 17.7 Å². The number of carbonyl (C=O) groups is 1. The minimum absolute atomic E-state index is 0.0703. The molecule has 0 saturated carbocycles. The smallest absolute Gasteiger partial charge is 0.256 e. The van der Waals surface area contributed by atoms with Gasteiger partial charge in [-0.05, 0) is 24.3 Å².